The third-order valence-corrected chi connectivity index (χ3v) is 7.20. The number of hydrogen-bond acceptors (Lipinski definition) is 5. The van der Waals surface area contributed by atoms with E-state index in [1.807, 2.05) is 12.5 Å². The Kier molecular flexibility index (Phi) is 3.53. The smallest absolute Gasteiger partial charge is 0.231 e. The van der Waals surface area contributed by atoms with Crippen LogP contribution in [0.1, 0.15) is 30.0 Å². The van der Waals surface area contributed by atoms with E-state index in [0.29, 0.717) is 24.8 Å². The van der Waals surface area contributed by atoms with Gasteiger partial charge in [0.15, 0.2) is 11.5 Å². The Bertz CT molecular complexity index is 858. The fourth-order valence-corrected chi connectivity index (χ4v) is 5.90. The van der Waals surface area contributed by atoms with Crippen molar-refractivity contribution < 1.29 is 9.47 Å². The highest BCUT2D eigenvalue weighted by molar-refractivity contribution is 5.46. The van der Waals surface area contributed by atoms with Gasteiger partial charge in [-0.1, -0.05) is 6.07 Å². The number of fused-ring (bicyclic) bond motifs is 3. The van der Waals surface area contributed by atoms with Crippen molar-refractivity contribution in [2.75, 3.05) is 26.4 Å². The zero-order chi connectivity index (χ0) is 18.0. The fraction of sp³-hybridized carbons (Fsp3) is 0.571. The summed E-state index contributed by atoms with van der Waals surface area (Å²) in [4.78, 5) is 9.81. The van der Waals surface area contributed by atoms with Crippen LogP contribution in [-0.2, 0) is 13.6 Å². The number of aromatic nitrogens is 2. The molecule has 0 amide bonds. The predicted molar refractivity (Wildman–Crippen MR) is 101 cm³/mol. The topological polar surface area (TPSA) is 42.8 Å². The van der Waals surface area contributed by atoms with Crippen LogP contribution < -0.4 is 9.47 Å². The van der Waals surface area contributed by atoms with E-state index in [0.717, 1.165) is 30.5 Å². The number of piperidine rings is 3. The second-order valence-electron chi connectivity index (χ2n) is 8.50. The first-order valence-corrected chi connectivity index (χ1v) is 10.1. The molecule has 0 saturated carbocycles. The van der Waals surface area contributed by atoms with Gasteiger partial charge < -0.3 is 14.0 Å². The Morgan fingerprint density at radius 1 is 1.11 bits per heavy atom. The van der Waals surface area contributed by atoms with Gasteiger partial charge in [0.1, 0.15) is 0 Å². The van der Waals surface area contributed by atoms with E-state index in [4.69, 9.17) is 9.47 Å². The van der Waals surface area contributed by atoms with Gasteiger partial charge in [-0.05, 0) is 49.5 Å². The lowest BCUT2D eigenvalue weighted by molar-refractivity contribution is -0.00917. The standard InChI is InChI=1S/C21H26N4O2/c1-23-12-22-9-16(23)10-25-11-17(15-2-3-18-19(8-15)27-13-26-18)21-20(25)14-4-6-24(21)7-5-14/h2-3,8-9,12,14,17,20-21H,4-7,10-11,13H2,1H3/t17-,20+,21+/m0/s1. The fourth-order valence-electron chi connectivity index (χ4n) is 5.90. The number of rotatable bonds is 3. The molecular formula is C21H26N4O2. The van der Waals surface area contributed by atoms with Gasteiger partial charge in [-0.15, -0.1) is 0 Å². The molecule has 0 N–H and O–H groups in total. The zero-order valence-electron chi connectivity index (χ0n) is 15.8. The van der Waals surface area contributed by atoms with Crippen molar-refractivity contribution in [3.8, 4) is 11.5 Å². The largest absolute Gasteiger partial charge is 0.454 e. The van der Waals surface area contributed by atoms with E-state index < -0.39 is 0 Å². The minimum atomic E-state index is 0.344. The van der Waals surface area contributed by atoms with Gasteiger partial charge >= 0.3 is 0 Å². The summed E-state index contributed by atoms with van der Waals surface area (Å²) in [6.45, 7) is 4.95. The summed E-state index contributed by atoms with van der Waals surface area (Å²) in [6.07, 6.45) is 6.62. The van der Waals surface area contributed by atoms with Gasteiger partial charge in [0, 0.05) is 44.3 Å². The van der Waals surface area contributed by atoms with Crippen molar-refractivity contribution >= 4 is 0 Å². The van der Waals surface area contributed by atoms with E-state index >= 15 is 0 Å². The Labute approximate surface area is 159 Å². The molecular weight excluding hydrogens is 340 g/mol. The molecule has 1 aromatic carbocycles. The summed E-state index contributed by atoms with van der Waals surface area (Å²) in [7, 11) is 2.10. The first kappa shape index (κ1) is 16.0. The molecule has 7 rings (SSSR count). The van der Waals surface area contributed by atoms with E-state index in [1.165, 1.54) is 37.2 Å². The lowest BCUT2D eigenvalue weighted by atomic mass is 9.75. The number of ether oxygens (including phenoxy) is 2. The van der Waals surface area contributed by atoms with Crippen molar-refractivity contribution in [1.82, 2.24) is 19.4 Å². The number of likely N-dealkylation sites (tertiary alicyclic amines) is 1. The van der Waals surface area contributed by atoms with E-state index in [-0.39, 0.29) is 0 Å². The first-order valence-electron chi connectivity index (χ1n) is 10.1. The van der Waals surface area contributed by atoms with Crippen molar-refractivity contribution in [2.24, 2.45) is 13.0 Å². The van der Waals surface area contributed by atoms with Crippen LogP contribution in [0.5, 0.6) is 11.5 Å². The van der Waals surface area contributed by atoms with Gasteiger partial charge in [0.25, 0.3) is 0 Å². The molecule has 0 unspecified atom stereocenters. The van der Waals surface area contributed by atoms with Crippen LogP contribution in [0.2, 0.25) is 0 Å². The van der Waals surface area contributed by atoms with Crippen LogP contribution in [0.15, 0.2) is 30.7 Å². The highest BCUT2D eigenvalue weighted by atomic mass is 16.7. The molecule has 6 nitrogen and oxygen atoms in total. The third kappa shape index (κ3) is 2.43. The van der Waals surface area contributed by atoms with Crippen molar-refractivity contribution in [1.29, 1.82) is 0 Å². The van der Waals surface area contributed by atoms with Crippen LogP contribution in [-0.4, -0.2) is 57.9 Å². The van der Waals surface area contributed by atoms with Crippen LogP contribution >= 0.6 is 0 Å². The summed E-state index contributed by atoms with van der Waals surface area (Å²) < 4.78 is 13.3. The van der Waals surface area contributed by atoms with Crippen molar-refractivity contribution in [3.63, 3.8) is 0 Å². The Hall–Kier alpha value is -2.05. The van der Waals surface area contributed by atoms with Gasteiger partial charge in [-0.3, -0.25) is 9.80 Å². The van der Waals surface area contributed by atoms with Crippen LogP contribution in [0, 0.1) is 5.92 Å². The summed E-state index contributed by atoms with van der Waals surface area (Å²) in [6, 6.07) is 7.84. The van der Waals surface area contributed by atoms with Crippen molar-refractivity contribution in [2.45, 2.75) is 37.4 Å². The van der Waals surface area contributed by atoms with Gasteiger partial charge in [0.2, 0.25) is 6.79 Å². The van der Waals surface area contributed by atoms with E-state index in [1.54, 1.807) is 0 Å². The van der Waals surface area contributed by atoms with Gasteiger partial charge in [0.05, 0.1) is 12.0 Å². The summed E-state index contributed by atoms with van der Waals surface area (Å²) in [5, 5.41) is 0. The highest BCUT2D eigenvalue weighted by Crippen LogP contribution is 2.48. The number of aryl methyl sites for hydroxylation is 1. The number of benzene rings is 1. The third-order valence-electron chi connectivity index (χ3n) is 7.20. The second kappa shape index (κ2) is 5.97. The van der Waals surface area contributed by atoms with E-state index in [2.05, 4.69) is 44.6 Å². The Morgan fingerprint density at radius 3 is 2.78 bits per heavy atom. The Balaban J connectivity index is 1.36. The Morgan fingerprint density at radius 2 is 1.96 bits per heavy atom. The molecule has 4 saturated heterocycles. The minimum absolute atomic E-state index is 0.344. The van der Waals surface area contributed by atoms with Crippen LogP contribution in [0.4, 0.5) is 0 Å². The molecule has 27 heavy (non-hydrogen) atoms. The van der Waals surface area contributed by atoms with Crippen LogP contribution in [0.3, 0.4) is 0 Å². The molecule has 6 heteroatoms. The maximum absolute atomic E-state index is 5.66. The molecule has 142 valence electrons. The van der Waals surface area contributed by atoms with Gasteiger partial charge in [-0.2, -0.15) is 0 Å². The van der Waals surface area contributed by atoms with E-state index in [9.17, 15) is 0 Å². The van der Waals surface area contributed by atoms with Gasteiger partial charge in [-0.25, -0.2) is 4.98 Å². The molecule has 4 fully saturated rings. The normalized spacial score (nSPS) is 34.2. The summed E-state index contributed by atoms with van der Waals surface area (Å²) in [5.74, 6) is 3.14. The number of imidazole rings is 1. The minimum Gasteiger partial charge on any atom is -0.454 e. The molecule has 6 heterocycles. The average Bonchev–Trinajstić information content (AvgIpc) is 3.42. The van der Waals surface area contributed by atoms with Crippen LogP contribution in [0.25, 0.3) is 0 Å². The quantitative estimate of drug-likeness (QED) is 0.833. The molecule has 0 aliphatic carbocycles. The molecule has 2 bridgehead atoms. The predicted octanol–water partition coefficient (Wildman–Crippen LogP) is 2.21. The maximum atomic E-state index is 5.66. The first-order chi connectivity index (χ1) is 13.3. The number of nitrogens with zero attached hydrogens (tertiary/aromatic N) is 4. The summed E-state index contributed by atoms with van der Waals surface area (Å²) >= 11 is 0. The second-order valence-corrected chi connectivity index (χ2v) is 8.50. The molecule has 5 aliphatic rings. The molecule has 5 aliphatic heterocycles. The lowest BCUT2D eigenvalue weighted by Crippen LogP contribution is -2.60. The monoisotopic (exact) mass is 366 g/mol. The highest BCUT2D eigenvalue weighted by Gasteiger charge is 2.53. The molecule has 3 atom stereocenters. The molecule has 1 aromatic heterocycles. The molecule has 0 spiro atoms. The summed E-state index contributed by atoms with van der Waals surface area (Å²) in [5.41, 5.74) is 2.70. The zero-order valence-corrected chi connectivity index (χ0v) is 15.8. The average molecular weight is 366 g/mol. The lowest BCUT2D eigenvalue weighted by Gasteiger charge is -2.51. The maximum Gasteiger partial charge on any atom is 0.231 e. The number of hydrogen-bond donors (Lipinski definition) is 0. The van der Waals surface area contributed by atoms with Crippen molar-refractivity contribution in [3.05, 3.63) is 42.0 Å². The molecule has 2 aromatic rings. The SMILES string of the molecule is Cn1cncc1CN1C[C@@H](c2ccc3c(c2)OCO3)[C@@H]2[C@H]1C1CCN2CC1. The molecule has 0 radical (unpaired) electrons.